The molecule has 274 valence electrons. The molecule has 1 heteroatoms. The predicted octanol–water partition coefficient (Wildman–Crippen LogP) is 16.0. The summed E-state index contributed by atoms with van der Waals surface area (Å²) in [4.78, 5) is 2.54. The van der Waals surface area contributed by atoms with Crippen molar-refractivity contribution in [3.63, 3.8) is 0 Å². The van der Waals surface area contributed by atoms with E-state index in [-0.39, 0.29) is 5.41 Å². The van der Waals surface area contributed by atoms with Crippen LogP contribution in [0, 0.1) is 0 Å². The van der Waals surface area contributed by atoms with E-state index < -0.39 is 0 Å². The van der Waals surface area contributed by atoms with Gasteiger partial charge in [-0.3, -0.25) is 0 Å². The van der Waals surface area contributed by atoms with Crippen LogP contribution >= 0.6 is 0 Å². The summed E-state index contributed by atoms with van der Waals surface area (Å²) in [5, 5.41) is 12.2. The van der Waals surface area contributed by atoms with E-state index in [0.717, 1.165) is 11.4 Å². The van der Waals surface area contributed by atoms with Gasteiger partial charge < -0.3 is 4.90 Å². The summed E-state index contributed by atoms with van der Waals surface area (Å²) in [6, 6.07) is 78.5. The number of rotatable bonds is 4. The van der Waals surface area contributed by atoms with E-state index >= 15 is 0 Å². The van der Waals surface area contributed by atoms with E-state index in [0.29, 0.717) is 0 Å². The van der Waals surface area contributed by atoms with Crippen LogP contribution in [0.25, 0.3) is 76.1 Å². The number of benzene rings is 9. The third kappa shape index (κ3) is 5.24. The number of hydrogen-bond donors (Lipinski definition) is 0. The molecule has 0 N–H and O–H groups in total. The van der Waals surface area contributed by atoms with E-state index in [2.05, 4.69) is 231 Å². The standard InChI is InChI=1S/C57H41N/c1-57(2)51-30-15-14-28-50(51)56-52(57)31-17-33-54(56)58(40-36-34-39(35-37-40)38-18-4-3-5-19-38)53-32-16-29-49-47-25-11-10-24-45(47)43-21-7-6-20-41(43)42-22-8-9-23-44(42)46-26-12-13-27-48(46)55(49)53/h3-37H,1-2H3. The fourth-order valence-corrected chi connectivity index (χ4v) is 9.79. The Morgan fingerprint density at radius 3 is 1.28 bits per heavy atom. The van der Waals surface area contributed by atoms with Gasteiger partial charge in [0.15, 0.2) is 0 Å². The minimum Gasteiger partial charge on any atom is -0.309 e. The van der Waals surface area contributed by atoms with Gasteiger partial charge in [0.25, 0.3) is 0 Å². The van der Waals surface area contributed by atoms with Crippen molar-refractivity contribution in [1.29, 1.82) is 0 Å². The van der Waals surface area contributed by atoms with E-state index in [4.69, 9.17) is 0 Å². The average Bonchev–Trinajstić information content (AvgIpc) is 3.53. The fraction of sp³-hybridized carbons (Fsp3) is 0.0526. The highest BCUT2D eigenvalue weighted by Crippen LogP contribution is 2.55. The molecule has 11 rings (SSSR count). The lowest BCUT2D eigenvalue weighted by Gasteiger charge is -2.30. The van der Waals surface area contributed by atoms with Crippen molar-refractivity contribution in [2.24, 2.45) is 0 Å². The summed E-state index contributed by atoms with van der Waals surface area (Å²) in [5.41, 5.74) is 11.0. The van der Waals surface area contributed by atoms with Crippen molar-refractivity contribution in [3.8, 4) is 22.3 Å². The first-order chi connectivity index (χ1) is 28.6. The topological polar surface area (TPSA) is 3.24 Å². The lowest BCUT2D eigenvalue weighted by Crippen LogP contribution is -2.16. The summed E-state index contributed by atoms with van der Waals surface area (Å²) < 4.78 is 0. The minimum atomic E-state index is -0.144. The second-order valence-electron chi connectivity index (χ2n) is 16.0. The highest BCUT2D eigenvalue weighted by molar-refractivity contribution is 6.28. The van der Waals surface area contributed by atoms with Crippen molar-refractivity contribution >= 4 is 70.9 Å². The molecular formula is C57H41N. The van der Waals surface area contributed by atoms with Gasteiger partial charge in [-0.2, -0.15) is 0 Å². The SMILES string of the molecule is CC1(C)c2ccccc2-c2c(N(c3ccc(-c4ccccc4)cc3)c3cccc4c5ccccc5c5ccccc5c5ccccc5c5ccccc5c34)cccc21. The van der Waals surface area contributed by atoms with Crippen molar-refractivity contribution in [3.05, 3.63) is 223 Å². The zero-order valence-electron chi connectivity index (χ0n) is 32.7. The highest BCUT2D eigenvalue weighted by Gasteiger charge is 2.38. The van der Waals surface area contributed by atoms with Crippen molar-refractivity contribution < 1.29 is 0 Å². The van der Waals surface area contributed by atoms with Crippen molar-refractivity contribution in [2.75, 3.05) is 4.90 Å². The van der Waals surface area contributed by atoms with E-state index in [9.17, 15) is 0 Å². The molecule has 1 nitrogen and oxygen atoms in total. The molecule has 10 aromatic carbocycles. The molecule has 0 radical (unpaired) electrons. The first kappa shape index (κ1) is 34.1. The molecule has 10 aromatic rings. The maximum absolute atomic E-state index is 2.54. The zero-order valence-corrected chi connectivity index (χ0v) is 32.7. The third-order valence-corrected chi connectivity index (χ3v) is 12.5. The van der Waals surface area contributed by atoms with Crippen LogP contribution in [0.15, 0.2) is 212 Å². The molecule has 0 atom stereocenters. The third-order valence-electron chi connectivity index (χ3n) is 12.5. The average molecular weight is 740 g/mol. The normalized spacial score (nSPS) is 12.8. The molecular weight excluding hydrogens is 699 g/mol. The van der Waals surface area contributed by atoms with Crippen LogP contribution < -0.4 is 4.90 Å². The maximum Gasteiger partial charge on any atom is 0.0546 e. The Morgan fingerprint density at radius 2 is 0.707 bits per heavy atom. The summed E-state index contributed by atoms with van der Waals surface area (Å²) in [7, 11) is 0. The highest BCUT2D eigenvalue weighted by atomic mass is 15.1. The smallest absolute Gasteiger partial charge is 0.0546 e. The van der Waals surface area contributed by atoms with Crippen LogP contribution in [0.2, 0.25) is 0 Å². The van der Waals surface area contributed by atoms with Gasteiger partial charge in [0, 0.05) is 22.1 Å². The zero-order chi connectivity index (χ0) is 38.8. The number of nitrogens with zero attached hydrogens (tertiary/aromatic N) is 1. The van der Waals surface area contributed by atoms with Crippen LogP contribution in [0.5, 0.6) is 0 Å². The Kier molecular flexibility index (Phi) is 7.91. The monoisotopic (exact) mass is 739 g/mol. The molecule has 0 aliphatic heterocycles. The molecule has 0 aromatic heterocycles. The Hall–Kier alpha value is -7.22. The molecule has 0 spiro atoms. The van der Waals surface area contributed by atoms with Gasteiger partial charge in [-0.25, -0.2) is 0 Å². The predicted molar refractivity (Wildman–Crippen MR) is 249 cm³/mol. The van der Waals surface area contributed by atoms with E-state index in [1.54, 1.807) is 0 Å². The lowest BCUT2D eigenvalue weighted by molar-refractivity contribution is 0.660. The second kappa shape index (κ2) is 13.5. The van der Waals surface area contributed by atoms with Gasteiger partial charge >= 0.3 is 0 Å². The fourth-order valence-electron chi connectivity index (χ4n) is 9.79. The first-order valence-electron chi connectivity index (χ1n) is 20.3. The van der Waals surface area contributed by atoms with Crippen LogP contribution in [-0.2, 0) is 5.41 Å². The van der Waals surface area contributed by atoms with E-state index in [1.807, 2.05) is 0 Å². The summed E-state index contributed by atoms with van der Waals surface area (Å²) >= 11 is 0. The molecule has 0 amide bonds. The Labute approximate surface area is 339 Å². The van der Waals surface area contributed by atoms with Gasteiger partial charge in [-0.15, -0.1) is 0 Å². The summed E-state index contributed by atoms with van der Waals surface area (Å²) in [6.45, 7) is 4.74. The van der Waals surface area contributed by atoms with Gasteiger partial charge in [0.05, 0.1) is 11.4 Å². The molecule has 1 aliphatic rings. The Balaban J connectivity index is 1.34. The summed E-state index contributed by atoms with van der Waals surface area (Å²) in [5.74, 6) is 0. The number of anilines is 3. The van der Waals surface area contributed by atoms with Gasteiger partial charge in [0.2, 0.25) is 0 Å². The van der Waals surface area contributed by atoms with Crippen LogP contribution in [-0.4, -0.2) is 0 Å². The molecule has 0 fully saturated rings. The minimum absolute atomic E-state index is 0.144. The summed E-state index contributed by atoms with van der Waals surface area (Å²) in [6.07, 6.45) is 0. The molecule has 58 heavy (non-hydrogen) atoms. The van der Waals surface area contributed by atoms with Gasteiger partial charge in [-0.05, 0) is 101 Å². The quantitative estimate of drug-likeness (QED) is 0.174. The van der Waals surface area contributed by atoms with Crippen molar-refractivity contribution in [1.82, 2.24) is 0 Å². The Morgan fingerprint density at radius 1 is 0.310 bits per heavy atom. The molecule has 0 unspecified atom stereocenters. The lowest BCUT2D eigenvalue weighted by atomic mass is 9.82. The molecule has 1 aliphatic carbocycles. The van der Waals surface area contributed by atoms with Crippen LogP contribution in [0.3, 0.4) is 0 Å². The van der Waals surface area contributed by atoms with Crippen molar-refractivity contribution in [2.45, 2.75) is 19.3 Å². The largest absolute Gasteiger partial charge is 0.309 e. The van der Waals surface area contributed by atoms with E-state index in [1.165, 1.54) is 92.9 Å². The Bertz CT molecular complexity index is 3220. The first-order valence-corrected chi connectivity index (χ1v) is 20.3. The van der Waals surface area contributed by atoms with Crippen LogP contribution in [0.4, 0.5) is 17.1 Å². The molecule has 0 saturated heterocycles. The van der Waals surface area contributed by atoms with Gasteiger partial charge in [-0.1, -0.05) is 202 Å². The van der Waals surface area contributed by atoms with Gasteiger partial charge in [0.1, 0.15) is 0 Å². The second-order valence-corrected chi connectivity index (χ2v) is 16.0. The number of fused-ring (bicyclic) bond motifs is 13. The molecule has 0 bridgehead atoms. The van der Waals surface area contributed by atoms with Crippen LogP contribution in [0.1, 0.15) is 25.0 Å². The molecule has 0 heterocycles. The maximum atomic E-state index is 2.54. The molecule has 0 saturated carbocycles. The number of hydrogen-bond acceptors (Lipinski definition) is 1.